The zero-order valence-corrected chi connectivity index (χ0v) is 13.0. The number of aromatic nitrogens is 1. The summed E-state index contributed by atoms with van der Waals surface area (Å²) < 4.78 is 5.40. The SMILES string of the molecule is CCOc1ncccc1NC(=O)N1CCCN(C(C)=O)CC1. The number of nitrogens with zero attached hydrogens (tertiary/aromatic N) is 3. The molecule has 7 heteroatoms. The molecule has 0 aromatic carbocycles. The molecule has 1 aromatic rings. The Morgan fingerprint density at radius 1 is 1.27 bits per heavy atom. The zero-order valence-electron chi connectivity index (χ0n) is 13.0. The van der Waals surface area contributed by atoms with Gasteiger partial charge in [-0.3, -0.25) is 4.79 Å². The van der Waals surface area contributed by atoms with Crippen LogP contribution in [0.25, 0.3) is 0 Å². The summed E-state index contributed by atoms with van der Waals surface area (Å²) in [6.45, 7) is 6.31. The Morgan fingerprint density at radius 2 is 2.00 bits per heavy atom. The predicted molar refractivity (Wildman–Crippen MR) is 82.9 cm³/mol. The van der Waals surface area contributed by atoms with E-state index in [0.29, 0.717) is 44.4 Å². The molecule has 0 saturated carbocycles. The maximum absolute atomic E-state index is 12.4. The quantitative estimate of drug-likeness (QED) is 0.919. The van der Waals surface area contributed by atoms with Crippen molar-refractivity contribution in [2.24, 2.45) is 0 Å². The lowest BCUT2D eigenvalue weighted by Crippen LogP contribution is -2.38. The Balaban J connectivity index is 1.99. The highest BCUT2D eigenvalue weighted by molar-refractivity contribution is 5.90. The molecule has 1 fully saturated rings. The molecule has 1 aromatic heterocycles. The summed E-state index contributed by atoms with van der Waals surface area (Å²) in [5.41, 5.74) is 0.557. The molecule has 0 aliphatic carbocycles. The topological polar surface area (TPSA) is 74.8 Å². The summed E-state index contributed by atoms with van der Waals surface area (Å²) in [6.07, 6.45) is 2.40. The van der Waals surface area contributed by atoms with Gasteiger partial charge in [-0.15, -0.1) is 0 Å². The van der Waals surface area contributed by atoms with Crippen LogP contribution in [0.2, 0.25) is 0 Å². The molecular formula is C15H22N4O3. The summed E-state index contributed by atoms with van der Waals surface area (Å²) in [6, 6.07) is 3.31. The number of nitrogens with one attached hydrogen (secondary N) is 1. The number of carbonyl (C=O) groups excluding carboxylic acids is 2. The van der Waals surface area contributed by atoms with Gasteiger partial charge in [0.25, 0.3) is 0 Å². The fourth-order valence-electron chi connectivity index (χ4n) is 2.37. The van der Waals surface area contributed by atoms with Crippen LogP contribution in [-0.2, 0) is 4.79 Å². The number of hydrogen-bond acceptors (Lipinski definition) is 4. The summed E-state index contributed by atoms with van der Waals surface area (Å²) in [7, 11) is 0. The van der Waals surface area contributed by atoms with Gasteiger partial charge in [-0.05, 0) is 25.5 Å². The van der Waals surface area contributed by atoms with Crippen LogP contribution in [0.4, 0.5) is 10.5 Å². The number of amides is 3. The predicted octanol–water partition coefficient (Wildman–Crippen LogP) is 1.57. The van der Waals surface area contributed by atoms with Crippen molar-refractivity contribution in [3.8, 4) is 5.88 Å². The van der Waals surface area contributed by atoms with E-state index in [2.05, 4.69) is 10.3 Å². The van der Waals surface area contributed by atoms with E-state index in [1.807, 2.05) is 6.92 Å². The van der Waals surface area contributed by atoms with E-state index in [-0.39, 0.29) is 11.9 Å². The molecule has 22 heavy (non-hydrogen) atoms. The van der Waals surface area contributed by atoms with Crippen molar-refractivity contribution in [3.63, 3.8) is 0 Å². The fraction of sp³-hybridized carbons (Fsp3) is 0.533. The summed E-state index contributed by atoms with van der Waals surface area (Å²) in [4.78, 5) is 31.4. The Bertz CT molecular complexity index is 535. The van der Waals surface area contributed by atoms with Gasteiger partial charge in [0, 0.05) is 39.3 Å². The first-order valence-electron chi connectivity index (χ1n) is 7.51. The third kappa shape index (κ3) is 4.09. The summed E-state index contributed by atoms with van der Waals surface area (Å²) in [5.74, 6) is 0.465. The van der Waals surface area contributed by atoms with Crippen molar-refractivity contribution in [1.82, 2.24) is 14.8 Å². The number of pyridine rings is 1. The van der Waals surface area contributed by atoms with E-state index in [0.717, 1.165) is 6.42 Å². The minimum Gasteiger partial charge on any atom is -0.476 e. The molecule has 1 aliphatic rings. The molecule has 2 rings (SSSR count). The summed E-state index contributed by atoms with van der Waals surface area (Å²) in [5, 5.41) is 2.83. The van der Waals surface area contributed by atoms with Gasteiger partial charge in [-0.2, -0.15) is 0 Å². The second-order valence-corrected chi connectivity index (χ2v) is 5.07. The van der Waals surface area contributed by atoms with E-state index < -0.39 is 0 Å². The largest absolute Gasteiger partial charge is 0.476 e. The minimum absolute atomic E-state index is 0.0492. The first-order chi connectivity index (χ1) is 10.6. The van der Waals surface area contributed by atoms with Gasteiger partial charge in [-0.25, -0.2) is 9.78 Å². The normalized spacial score (nSPS) is 15.2. The number of rotatable bonds is 3. The number of urea groups is 1. The maximum Gasteiger partial charge on any atom is 0.322 e. The Labute approximate surface area is 130 Å². The fourth-order valence-corrected chi connectivity index (χ4v) is 2.37. The third-order valence-electron chi connectivity index (χ3n) is 3.52. The average molecular weight is 306 g/mol. The molecular weight excluding hydrogens is 284 g/mol. The van der Waals surface area contributed by atoms with Crippen molar-refractivity contribution in [1.29, 1.82) is 0 Å². The van der Waals surface area contributed by atoms with Crippen LogP contribution < -0.4 is 10.1 Å². The van der Waals surface area contributed by atoms with Gasteiger partial charge in [0.2, 0.25) is 11.8 Å². The molecule has 1 saturated heterocycles. The molecule has 1 aliphatic heterocycles. The van der Waals surface area contributed by atoms with Crippen LogP contribution >= 0.6 is 0 Å². The monoisotopic (exact) mass is 306 g/mol. The average Bonchev–Trinajstić information content (AvgIpc) is 2.75. The second kappa shape index (κ2) is 7.63. The van der Waals surface area contributed by atoms with Gasteiger partial charge >= 0.3 is 6.03 Å². The van der Waals surface area contributed by atoms with E-state index in [4.69, 9.17) is 4.74 Å². The molecule has 120 valence electrons. The van der Waals surface area contributed by atoms with Gasteiger partial charge in [0.1, 0.15) is 5.69 Å². The van der Waals surface area contributed by atoms with Crippen LogP contribution in [0, 0.1) is 0 Å². The Morgan fingerprint density at radius 3 is 2.73 bits per heavy atom. The minimum atomic E-state index is -0.195. The van der Waals surface area contributed by atoms with E-state index in [1.54, 1.807) is 35.1 Å². The van der Waals surface area contributed by atoms with Crippen LogP contribution in [0.3, 0.4) is 0 Å². The number of hydrogen-bond donors (Lipinski definition) is 1. The van der Waals surface area contributed by atoms with E-state index in [1.165, 1.54) is 0 Å². The van der Waals surface area contributed by atoms with Crippen LogP contribution in [0.1, 0.15) is 20.3 Å². The van der Waals surface area contributed by atoms with Gasteiger partial charge in [0.15, 0.2) is 0 Å². The lowest BCUT2D eigenvalue weighted by Gasteiger charge is -2.22. The smallest absolute Gasteiger partial charge is 0.322 e. The maximum atomic E-state index is 12.4. The Kier molecular flexibility index (Phi) is 5.57. The van der Waals surface area contributed by atoms with Crippen molar-refractivity contribution < 1.29 is 14.3 Å². The molecule has 0 radical (unpaired) electrons. The van der Waals surface area contributed by atoms with Crippen molar-refractivity contribution in [2.45, 2.75) is 20.3 Å². The number of anilines is 1. The van der Waals surface area contributed by atoms with E-state index in [9.17, 15) is 9.59 Å². The lowest BCUT2D eigenvalue weighted by molar-refractivity contribution is -0.128. The third-order valence-corrected chi connectivity index (χ3v) is 3.52. The molecule has 7 nitrogen and oxygen atoms in total. The molecule has 3 amide bonds. The molecule has 2 heterocycles. The molecule has 0 atom stereocenters. The molecule has 1 N–H and O–H groups in total. The van der Waals surface area contributed by atoms with Crippen molar-refractivity contribution >= 4 is 17.6 Å². The zero-order chi connectivity index (χ0) is 15.9. The highest BCUT2D eigenvalue weighted by Crippen LogP contribution is 2.21. The lowest BCUT2D eigenvalue weighted by atomic mass is 10.4. The van der Waals surface area contributed by atoms with Gasteiger partial charge < -0.3 is 19.9 Å². The number of carbonyl (C=O) groups is 2. The number of ether oxygens (including phenoxy) is 1. The summed E-state index contributed by atoms with van der Waals surface area (Å²) >= 11 is 0. The van der Waals surface area contributed by atoms with Crippen LogP contribution in [0.5, 0.6) is 5.88 Å². The van der Waals surface area contributed by atoms with Gasteiger partial charge in [0.05, 0.1) is 6.61 Å². The first kappa shape index (κ1) is 16.1. The highest BCUT2D eigenvalue weighted by atomic mass is 16.5. The van der Waals surface area contributed by atoms with Gasteiger partial charge in [-0.1, -0.05) is 0 Å². The standard InChI is InChI=1S/C15H22N4O3/c1-3-22-14-13(6-4-7-16-14)17-15(21)19-9-5-8-18(10-11-19)12(2)20/h4,6-7H,3,5,8-11H2,1-2H3,(H,17,21). The molecule has 0 bridgehead atoms. The van der Waals surface area contributed by atoms with E-state index >= 15 is 0 Å². The highest BCUT2D eigenvalue weighted by Gasteiger charge is 2.21. The molecule has 0 spiro atoms. The van der Waals surface area contributed by atoms with Crippen molar-refractivity contribution in [3.05, 3.63) is 18.3 Å². The van der Waals surface area contributed by atoms with Crippen LogP contribution in [0.15, 0.2) is 18.3 Å². The van der Waals surface area contributed by atoms with Crippen LogP contribution in [-0.4, -0.2) is 59.5 Å². The molecule has 0 unspecified atom stereocenters. The van der Waals surface area contributed by atoms with Crippen molar-refractivity contribution in [2.75, 3.05) is 38.1 Å². The Hall–Kier alpha value is -2.31. The second-order valence-electron chi connectivity index (χ2n) is 5.07. The first-order valence-corrected chi connectivity index (χ1v) is 7.51.